The summed E-state index contributed by atoms with van der Waals surface area (Å²) in [7, 11) is 0. The molecule has 3 rings (SSSR count). The lowest BCUT2D eigenvalue weighted by Gasteiger charge is -2.09. The molecule has 0 atom stereocenters. The van der Waals surface area contributed by atoms with Crippen LogP contribution in [0.2, 0.25) is 0 Å². The van der Waals surface area contributed by atoms with Gasteiger partial charge in [-0.15, -0.1) is 0 Å². The summed E-state index contributed by atoms with van der Waals surface area (Å²) in [6, 6.07) is 24.5. The lowest BCUT2D eigenvalue weighted by molar-refractivity contribution is -0.120. The van der Waals surface area contributed by atoms with E-state index in [1.165, 1.54) is 6.08 Å². The normalized spacial score (nSPS) is 10.8. The molecule has 0 unspecified atom stereocenters. The number of anilines is 1. The first-order valence-electron chi connectivity index (χ1n) is 9.86. The van der Waals surface area contributed by atoms with Crippen molar-refractivity contribution < 1.29 is 23.8 Å². The Morgan fingerprint density at radius 3 is 1.91 bits per heavy atom. The zero-order valence-electron chi connectivity index (χ0n) is 18.0. The molecule has 3 aromatic rings. The Hall–Kier alpha value is -4.72. The number of rotatable bonds is 7. The molecule has 0 spiro atoms. The highest BCUT2D eigenvalue weighted by Crippen LogP contribution is 2.17. The molecule has 0 aliphatic carbocycles. The molecule has 0 bridgehead atoms. The molecule has 0 saturated carbocycles. The predicted octanol–water partition coefficient (Wildman–Crippen LogP) is 4.36. The number of carbonyl (C=O) groups is 2. The van der Waals surface area contributed by atoms with E-state index in [1.807, 2.05) is 12.1 Å². The number of benzene rings is 3. The molecule has 0 aliphatic heterocycles. The van der Waals surface area contributed by atoms with Gasteiger partial charge in [0.15, 0.2) is 0 Å². The lowest BCUT2D eigenvalue weighted by Crippen LogP contribution is -2.30. The Morgan fingerprint density at radius 2 is 1.36 bits per heavy atom. The van der Waals surface area contributed by atoms with E-state index in [-0.39, 0.29) is 5.82 Å². The molecule has 5 N–H and O–H groups in total. The molecule has 0 radical (unpaired) electrons. The molecule has 8 nitrogen and oxygen atoms in total. The number of amides is 1. The van der Waals surface area contributed by atoms with Gasteiger partial charge in [-0.25, -0.2) is 4.79 Å². The van der Waals surface area contributed by atoms with Gasteiger partial charge >= 0.3 is 6.09 Å². The van der Waals surface area contributed by atoms with E-state index in [0.717, 1.165) is 0 Å². The highest BCUT2D eigenvalue weighted by Gasteiger charge is 2.06. The number of hydrogen-bond donors (Lipinski definition) is 3. The molecular formula is C25H25N3O5. The number of nitrogen functional groups attached to an aromatic ring is 1. The summed E-state index contributed by atoms with van der Waals surface area (Å²) in [5.41, 5.74) is 12.1. The maximum atomic E-state index is 11.8. The van der Waals surface area contributed by atoms with Gasteiger partial charge in [0.1, 0.15) is 28.8 Å². The number of hydrogen-bond acceptors (Lipinski definition) is 7. The highest BCUT2D eigenvalue weighted by atomic mass is 16.6. The zero-order valence-corrected chi connectivity index (χ0v) is 18.0. The van der Waals surface area contributed by atoms with Crippen molar-refractivity contribution in [1.82, 2.24) is 5.32 Å². The lowest BCUT2D eigenvalue weighted by atomic mass is 10.3. The van der Waals surface area contributed by atoms with E-state index >= 15 is 0 Å². The van der Waals surface area contributed by atoms with Gasteiger partial charge in [0.2, 0.25) is 0 Å². The fourth-order valence-electron chi connectivity index (χ4n) is 2.33. The molecule has 0 saturated heterocycles. The summed E-state index contributed by atoms with van der Waals surface area (Å²) >= 11 is 0. The van der Waals surface area contributed by atoms with Gasteiger partial charge < -0.3 is 25.7 Å². The second-order valence-electron chi connectivity index (χ2n) is 6.32. The maximum absolute atomic E-state index is 11.8. The van der Waals surface area contributed by atoms with Gasteiger partial charge in [-0.2, -0.15) is 0 Å². The van der Waals surface area contributed by atoms with E-state index < -0.39 is 6.09 Å². The van der Waals surface area contributed by atoms with E-state index in [9.17, 15) is 9.59 Å². The first-order chi connectivity index (χ1) is 16.0. The van der Waals surface area contributed by atoms with Crippen LogP contribution in [0.15, 0.2) is 109 Å². The fourth-order valence-corrected chi connectivity index (χ4v) is 2.33. The van der Waals surface area contributed by atoms with Crippen LogP contribution in [-0.2, 0) is 4.79 Å². The molecule has 0 heterocycles. The quantitative estimate of drug-likeness (QED) is 0.213. The van der Waals surface area contributed by atoms with Crippen LogP contribution in [0.1, 0.15) is 6.92 Å². The van der Waals surface area contributed by atoms with Gasteiger partial charge in [-0.1, -0.05) is 36.4 Å². The molecule has 33 heavy (non-hydrogen) atoms. The van der Waals surface area contributed by atoms with Crippen LogP contribution in [0.25, 0.3) is 0 Å². The van der Waals surface area contributed by atoms with Crippen molar-refractivity contribution in [3.63, 3.8) is 0 Å². The molecule has 0 aromatic heterocycles. The zero-order chi connectivity index (χ0) is 23.9. The summed E-state index contributed by atoms with van der Waals surface area (Å²) in [5, 5.41) is 2.42. The van der Waals surface area contributed by atoms with E-state index in [1.54, 1.807) is 85.8 Å². The second kappa shape index (κ2) is 13.6. The van der Waals surface area contributed by atoms with Crippen LogP contribution >= 0.6 is 0 Å². The van der Waals surface area contributed by atoms with Crippen molar-refractivity contribution in [2.75, 3.05) is 5.73 Å². The third-order valence-corrected chi connectivity index (χ3v) is 3.83. The Balaban J connectivity index is 0.000000357. The van der Waals surface area contributed by atoms with Crippen molar-refractivity contribution in [3.8, 4) is 17.2 Å². The minimum Gasteiger partial charge on any atom is -0.458 e. The third-order valence-electron chi connectivity index (χ3n) is 3.83. The fraction of sp³-hybridized carbons (Fsp3) is 0.0400. The van der Waals surface area contributed by atoms with Gasteiger partial charge in [-0.3, -0.25) is 10.1 Å². The molecule has 0 aliphatic rings. The first kappa shape index (κ1) is 24.5. The Labute approximate surface area is 192 Å². The van der Waals surface area contributed by atoms with Gasteiger partial charge in [0, 0.05) is 11.8 Å². The SMILES string of the molecule is C/C=C(\C=C(/N)NC(=O)Oc1ccccc1)Oc1ccc(N)cc1.O=COc1ccccc1. The monoisotopic (exact) mass is 447 g/mol. The molecule has 0 fully saturated rings. The third kappa shape index (κ3) is 9.75. The van der Waals surface area contributed by atoms with E-state index in [4.69, 9.17) is 20.9 Å². The minimum atomic E-state index is -0.683. The molecule has 8 heteroatoms. The van der Waals surface area contributed by atoms with Crippen LogP contribution in [0.4, 0.5) is 10.5 Å². The van der Waals surface area contributed by atoms with Crippen LogP contribution in [-0.4, -0.2) is 12.6 Å². The number of carbonyl (C=O) groups excluding carboxylic acids is 2. The number of para-hydroxylation sites is 2. The van der Waals surface area contributed by atoms with Gasteiger partial charge in [0.25, 0.3) is 6.47 Å². The van der Waals surface area contributed by atoms with E-state index in [2.05, 4.69) is 10.1 Å². The number of allylic oxidation sites excluding steroid dienone is 2. The Morgan fingerprint density at radius 1 is 0.818 bits per heavy atom. The Kier molecular flexibility index (Phi) is 10.1. The summed E-state index contributed by atoms with van der Waals surface area (Å²) in [5.74, 6) is 2.17. The highest BCUT2D eigenvalue weighted by molar-refractivity contribution is 5.72. The molecule has 1 amide bonds. The average molecular weight is 447 g/mol. The largest absolute Gasteiger partial charge is 0.458 e. The first-order valence-corrected chi connectivity index (χ1v) is 9.86. The minimum absolute atomic E-state index is 0.0967. The second-order valence-corrected chi connectivity index (χ2v) is 6.32. The van der Waals surface area contributed by atoms with Crippen LogP contribution in [0.3, 0.4) is 0 Å². The smallest absolute Gasteiger partial charge is 0.418 e. The number of nitrogens with two attached hydrogens (primary N) is 2. The van der Waals surface area contributed by atoms with Crippen molar-refractivity contribution in [2.24, 2.45) is 5.73 Å². The van der Waals surface area contributed by atoms with E-state index in [0.29, 0.717) is 35.2 Å². The predicted molar refractivity (Wildman–Crippen MR) is 126 cm³/mol. The molecule has 170 valence electrons. The van der Waals surface area contributed by atoms with Crippen LogP contribution in [0, 0.1) is 0 Å². The standard InChI is InChI=1S/C18H19N3O3.C7H6O2/c1-2-14(23-16-10-8-13(19)9-11-16)12-17(20)21-18(22)24-15-6-4-3-5-7-15;8-6-9-7-4-2-1-3-5-7/h2-12H,19-20H2,1H3,(H,21,22);1-6H/b14-2+,17-12+;. The van der Waals surface area contributed by atoms with Crippen molar-refractivity contribution in [2.45, 2.75) is 6.92 Å². The van der Waals surface area contributed by atoms with Crippen LogP contribution in [0.5, 0.6) is 17.2 Å². The van der Waals surface area contributed by atoms with Crippen molar-refractivity contribution >= 4 is 18.3 Å². The number of ether oxygens (including phenoxy) is 3. The molecule has 3 aromatic carbocycles. The maximum Gasteiger partial charge on any atom is 0.418 e. The topological polar surface area (TPSA) is 126 Å². The number of nitrogens with one attached hydrogen (secondary N) is 1. The van der Waals surface area contributed by atoms with Gasteiger partial charge in [-0.05, 0) is 61.5 Å². The molecular weight excluding hydrogens is 422 g/mol. The summed E-state index contributed by atoms with van der Waals surface area (Å²) < 4.78 is 15.3. The Bertz CT molecular complexity index is 1070. The van der Waals surface area contributed by atoms with Crippen molar-refractivity contribution in [3.05, 3.63) is 109 Å². The summed E-state index contributed by atoms with van der Waals surface area (Å²) in [4.78, 5) is 21.5. The van der Waals surface area contributed by atoms with Crippen molar-refractivity contribution in [1.29, 1.82) is 0 Å². The van der Waals surface area contributed by atoms with Crippen LogP contribution < -0.4 is 31.0 Å². The summed E-state index contributed by atoms with van der Waals surface area (Å²) in [6.45, 7) is 2.20. The van der Waals surface area contributed by atoms with Gasteiger partial charge in [0.05, 0.1) is 0 Å². The summed E-state index contributed by atoms with van der Waals surface area (Å²) in [6.07, 6.45) is 2.52. The average Bonchev–Trinajstić information content (AvgIpc) is 2.82.